The third-order valence-corrected chi connectivity index (χ3v) is 3.34. The summed E-state index contributed by atoms with van der Waals surface area (Å²) in [5.74, 6) is 1.57. The highest BCUT2D eigenvalue weighted by Crippen LogP contribution is 2.31. The van der Waals surface area contributed by atoms with Crippen LogP contribution in [0.5, 0.6) is 0 Å². The summed E-state index contributed by atoms with van der Waals surface area (Å²) in [7, 11) is 1.89. The topological polar surface area (TPSA) is 46.3 Å². The van der Waals surface area contributed by atoms with Crippen molar-refractivity contribution in [1.82, 2.24) is 4.90 Å². The summed E-state index contributed by atoms with van der Waals surface area (Å²) in [5.41, 5.74) is 5.59. The molecule has 1 rings (SSSR count). The minimum Gasteiger partial charge on any atom is -0.345 e. The van der Waals surface area contributed by atoms with Gasteiger partial charge in [-0.3, -0.25) is 4.79 Å². The molecule has 82 valence electrons. The zero-order chi connectivity index (χ0) is 10.7. The summed E-state index contributed by atoms with van der Waals surface area (Å²) in [4.78, 5) is 13.7. The molecule has 0 aromatic carbocycles. The lowest BCUT2D eigenvalue weighted by Crippen LogP contribution is -2.30. The summed E-state index contributed by atoms with van der Waals surface area (Å²) in [6, 6.07) is 0. The number of nitrogens with zero attached hydrogens (tertiary/aromatic N) is 1. The normalized spacial score (nSPS) is 24.8. The summed E-state index contributed by atoms with van der Waals surface area (Å²) in [5, 5.41) is 0. The van der Waals surface area contributed by atoms with Gasteiger partial charge < -0.3 is 10.6 Å². The second-order valence-electron chi connectivity index (χ2n) is 4.64. The molecule has 1 aliphatic heterocycles. The first kappa shape index (κ1) is 11.5. The van der Waals surface area contributed by atoms with Crippen LogP contribution in [0.25, 0.3) is 0 Å². The standard InChI is InChI=1S/C11H22N2O/c1-8(2)9(4-6-12)10-5-7-13(3)11(10)14/h8-10H,4-7,12H2,1-3H3. The number of hydrogen-bond donors (Lipinski definition) is 1. The molecule has 3 heteroatoms. The van der Waals surface area contributed by atoms with Crippen molar-refractivity contribution in [2.45, 2.75) is 26.7 Å². The van der Waals surface area contributed by atoms with Crippen molar-refractivity contribution in [3.8, 4) is 0 Å². The summed E-state index contributed by atoms with van der Waals surface area (Å²) < 4.78 is 0. The lowest BCUT2D eigenvalue weighted by Gasteiger charge is -2.25. The minimum absolute atomic E-state index is 0.226. The number of carbonyl (C=O) groups excluding carboxylic acids is 1. The Labute approximate surface area is 86.6 Å². The first-order valence-electron chi connectivity index (χ1n) is 5.53. The molecule has 0 aliphatic carbocycles. The van der Waals surface area contributed by atoms with Crippen LogP contribution in [0.3, 0.4) is 0 Å². The Balaban J connectivity index is 2.64. The highest BCUT2D eigenvalue weighted by atomic mass is 16.2. The Morgan fingerprint density at radius 3 is 2.57 bits per heavy atom. The molecular formula is C11H22N2O. The van der Waals surface area contributed by atoms with E-state index in [0.29, 0.717) is 24.3 Å². The number of likely N-dealkylation sites (tertiary alicyclic amines) is 1. The van der Waals surface area contributed by atoms with Gasteiger partial charge in [0.15, 0.2) is 0 Å². The highest BCUT2D eigenvalue weighted by Gasteiger charge is 2.36. The van der Waals surface area contributed by atoms with E-state index in [1.54, 1.807) is 0 Å². The van der Waals surface area contributed by atoms with Crippen LogP contribution < -0.4 is 5.73 Å². The third kappa shape index (κ3) is 2.27. The minimum atomic E-state index is 0.226. The molecule has 1 saturated heterocycles. The van der Waals surface area contributed by atoms with Gasteiger partial charge in [0, 0.05) is 19.5 Å². The fourth-order valence-electron chi connectivity index (χ4n) is 2.44. The van der Waals surface area contributed by atoms with E-state index in [9.17, 15) is 4.79 Å². The molecule has 0 bridgehead atoms. The van der Waals surface area contributed by atoms with Gasteiger partial charge in [0.1, 0.15) is 0 Å². The van der Waals surface area contributed by atoms with Gasteiger partial charge in [-0.05, 0) is 31.2 Å². The van der Waals surface area contributed by atoms with Gasteiger partial charge in [-0.2, -0.15) is 0 Å². The fraction of sp³-hybridized carbons (Fsp3) is 0.909. The largest absolute Gasteiger partial charge is 0.345 e. The number of amides is 1. The molecule has 2 N–H and O–H groups in total. The lowest BCUT2D eigenvalue weighted by molar-refractivity contribution is -0.131. The van der Waals surface area contributed by atoms with Gasteiger partial charge in [-0.1, -0.05) is 13.8 Å². The molecule has 2 unspecified atom stereocenters. The molecule has 1 fully saturated rings. The second-order valence-corrected chi connectivity index (χ2v) is 4.64. The Morgan fingerprint density at radius 1 is 1.57 bits per heavy atom. The fourth-order valence-corrected chi connectivity index (χ4v) is 2.44. The van der Waals surface area contributed by atoms with Crippen LogP contribution in [0.15, 0.2) is 0 Å². The molecule has 0 aromatic rings. The van der Waals surface area contributed by atoms with Crippen LogP contribution in [-0.4, -0.2) is 30.9 Å². The molecule has 14 heavy (non-hydrogen) atoms. The number of nitrogens with two attached hydrogens (primary N) is 1. The average Bonchev–Trinajstić information content (AvgIpc) is 2.44. The van der Waals surface area contributed by atoms with E-state index >= 15 is 0 Å². The van der Waals surface area contributed by atoms with E-state index in [4.69, 9.17) is 5.73 Å². The van der Waals surface area contributed by atoms with Crippen LogP contribution in [0.1, 0.15) is 26.7 Å². The lowest BCUT2D eigenvalue weighted by atomic mass is 9.80. The average molecular weight is 198 g/mol. The third-order valence-electron chi connectivity index (χ3n) is 3.34. The van der Waals surface area contributed by atoms with E-state index in [1.807, 2.05) is 11.9 Å². The van der Waals surface area contributed by atoms with E-state index in [1.165, 1.54) is 0 Å². The Kier molecular flexibility index (Phi) is 3.93. The molecule has 3 nitrogen and oxygen atoms in total. The van der Waals surface area contributed by atoms with Crippen molar-refractivity contribution < 1.29 is 4.79 Å². The molecular weight excluding hydrogens is 176 g/mol. The van der Waals surface area contributed by atoms with Crippen LogP contribution in [0.2, 0.25) is 0 Å². The van der Waals surface area contributed by atoms with E-state index in [0.717, 1.165) is 19.4 Å². The van der Waals surface area contributed by atoms with E-state index in [-0.39, 0.29) is 5.92 Å². The van der Waals surface area contributed by atoms with Crippen molar-refractivity contribution in [2.75, 3.05) is 20.1 Å². The maximum absolute atomic E-state index is 11.8. The zero-order valence-electron chi connectivity index (χ0n) is 9.49. The summed E-state index contributed by atoms with van der Waals surface area (Å²) in [6.07, 6.45) is 1.99. The van der Waals surface area contributed by atoms with Gasteiger partial charge in [0.2, 0.25) is 5.91 Å². The highest BCUT2D eigenvalue weighted by molar-refractivity contribution is 5.80. The van der Waals surface area contributed by atoms with Gasteiger partial charge in [0.05, 0.1) is 0 Å². The Morgan fingerprint density at radius 2 is 2.21 bits per heavy atom. The first-order valence-corrected chi connectivity index (χ1v) is 5.53. The number of carbonyl (C=O) groups is 1. The van der Waals surface area contributed by atoms with Crippen molar-refractivity contribution in [3.05, 3.63) is 0 Å². The predicted molar refractivity (Wildman–Crippen MR) is 57.7 cm³/mol. The second kappa shape index (κ2) is 4.78. The van der Waals surface area contributed by atoms with Crippen molar-refractivity contribution in [2.24, 2.45) is 23.5 Å². The molecule has 1 aliphatic rings. The molecule has 0 aromatic heterocycles. The monoisotopic (exact) mass is 198 g/mol. The molecule has 1 amide bonds. The van der Waals surface area contributed by atoms with Crippen molar-refractivity contribution >= 4 is 5.91 Å². The van der Waals surface area contributed by atoms with Crippen LogP contribution in [-0.2, 0) is 4.79 Å². The predicted octanol–water partition coefficient (Wildman–Crippen LogP) is 1.09. The Bertz CT molecular complexity index is 203. The van der Waals surface area contributed by atoms with Gasteiger partial charge in [-0.25, -0.2) is 0 Å². The van der Waals surface area contributed by atoms with Crippen LogP contribution in [0, 0.1) is 17.8 Å². The van der Waals surface area contributed by atoms with E-state index < -0.39 is 0 Å². The van der Waals surface area contributed by atoms with Gasteiger partial charge in [-0.15, -0.1) is 0 Å². The Hall–Kier alpha value is -0.570. The summed E-state index contributed by atoms with van der Waals surface area (Å²) in [6.45, 7) is 5.98. The van der Waals surface area contributed by atoms with Crippen LogP contribution in [0.4, 0.5) is 0 Å². The maximum Gasteiger partial charge on any atom is 0.225 e. The van der Waals surface area contributed by atoms with E-state index in [2.05, 4.69) is 13.8 Å². The number of hydrogen-bond acceptors (Lipinski definition) is 2. The quantitative estimate of drug-likeness (QED) is 0.735. The SMILES string of the molecule is CC(C)C(CCN)C1CCN(C)C1=O. The molecule has 1 heterocycles. The van der Waals surface area contributed by atoms with Gasteiger partial charge >= 0.3 is 0 Å². The first-order chi connectivity index (χ1) is 6.57. The van der Waals surface area contributed by atoms with Crippen LogP contribution >= 0.6 is 0 Å². The molecule has 0 saturated carbocycles. The number of rotatable bonds is 4. The zero-order valence-corrected chi connectivity index (χ0v) is 9.49. The molecule has 0 spiro atoms. The molecule has 0 radical (unpaired) electrons. The molecule has 2 atom stereocenters. The van der Waals surface area contributed by atoms with Crippen molar-refractivity contribution in [3.63, 3.8) is 0 Å². The maximum atomic E-state index is 11.8. The smallest absolute Gasteiger partial charge is 0.225 e. The van der Waals surface area contributed by atoms with Crippen molar-refractivity contribution in [1.29, 1.82) is 0 Å². The summed E-state index contributed by atoms with van der Waals surface area (Å²) >= 11 is 0. The van der Waals surface area contributed by atoms with Gasteiger partial charge in [0.25, 0.3) is 0 Å².